The highest BCUT2D eigenvalue weighted by Gasteiger charge is 2.21. The molecular formula is C13H8Cl4O2. The molecule has 0 aliphatic heterocycles. The van der Waals surface area contributed by atoms with Gasteiger partial charge in [0.1, 0.15) is 26.7 Å². The quantitative estimate of drug-likeness (QED) is 0.740. The Kier molecular flexibility index (Phi) is 4.69. The lowest BCUT2D eigenvalue weighted by Gasteiger charge is -2.13. The van der Waals surface area contributed by atoms with Crippen LogP contribution in [0, 0.1) is 0 Å². The molecule has 2 aromatic carbocycles. The Balaban J connectivity index is 2.31. The highest BCUT2D eigenvalue weighted by Crippen LogP contribution is 2.49. The SMILES string of the molecule is Oc1c(Cl)c(Cl)c(OCc2ccccc2)c(Cl)c1Cl. The molecule has 0 aromatic heterocycles. The van der Waals surface area contributed by atoms with Crippen molar-refractivity contribution in [2.75, 3.05) is 0 Å². The summed E-state index contributed by atoms with van der Waals surface area (Å²) in [5.74, 6) is -0.203. The maximum atomic E-state index is 9.59. The van der Waals surface area contributed by atoms with Gasteiger partial charge in [0.2, 0.25) is 0 Å². The number of ether oxygens (including phenoxy) is 1. The molecule has 2 nitrogen and oxygen atoms in total. The summed E-state index contributed by atoms with van der Waals surface area (Å²) in [6.45, 7) is 0.262. The number of phenolic OH excluding ortho intramolecular Hbond substituents is 1. The molecule has 1 N–H and O–H groups in total. The Morgan fingerprint density at radius 3 is 1.89 bits per heavy atom. The summed E-state index contributed by atoms with van der Waals surface area (Å²) >= 11 is 23.6. The number of hydrogen-bond acceptors (Lipinski definition) is 2. The van der Waals surface area contributed by atoms with Gasteiger partial charge in [0, 0.05) is 0 Å². The molecule has 2 aromatic rings. The zero-order chi connectivity index (χ0) is 14.0. The van der Waals surface area contributed by atoms with Gasteiger partial charge in [-0.05, 0) is 5.56 Å². The lowest BCUT2D eigenvalue weighted by molar-refractivity contribution is 0.306. The average Bonchev–Trinajstić information content (AvgIpc) is 2.44. The van der Waals surface area contributed by atoms with E-state index < -0.39 is 0 Å². The molecule has 0 bridgehead atoms. The van der Waals surface area contributed by atoms with E-state index in [0.717, 1.165) is 5.56 Å². The second-order valence-electron chi connectivity index (χ2n) is 3.71. The highest BCUT2D eigenvalue weighted by atomic mass is 35.5. The third kappa shape index (κ3) is 3.03. The zero-order valence-electron chi connectivity index (χ0n) is 9.46. The van der Waals surface area contributed by atoms with Crippen molar-refractivity contribution in [3.63, 3.8) is 0 Å². The summed E-state index contributed by atoms with van der Waals surface area (Å²) in [4.78, 5) is 0. The molecule has 0 spiro atoms. The normalized spacial score (nSPS) is 10.5. The topological polar surface area (TPSA) is 29.5 Å². The average molecular weight is 338 g/mol. The minimum absolute atomic E-state index is 0.0319. The molecular weight excluding hydrogens is 330 g/mol. The number of halogens is 4. The first-order valence-electron chi connectivity index (χ1n) is 5.24. The Hall–Kier alpha value is -0.800. The van der Waals surface area contributed by atoms with Gasteiger partial charge in [-0.25, -0.2) is 0 Å². The van der Waals surface area contributed by atoms with E-state index in [1.54, 1.807) is 0 Å². The maximum Gasteiger partial charge on any atom is 0.160 e. The van der Waals surface area contributed by atoms with E-state index >= 15 is 0 Å². The van der Waals surface area contributed by atoms with Gasteiger partial charge in [0.05, 0.1) is 0 Å². The van der Waals surface area contributed by atoms with Crippen LogP contribution < -0.4 is 4.74 Å². The molecule has 0 unspecified atom stereocenters. The molecule has 0 atom stereocenters. The molecule has 0 radical (unpaired) electrons. The monoisotopic (exact) mass is 336 g/mol. The fourth-order valence-corrected chi connectivity index (χ4v) is 2.39. The summed E-state index contributed by atoms with van der Waals surface area (Å²) in [7, 11) is 0. The number of benzene rings is 2. The summed E-state index contributed by atoms with van der Waals surface area (Å²) in [5, 5.41) is 9.48. The smallest absolute Gasteiger partial charge is 0.160 e. The van der Waals surface area contributed by atoms with Gasteiger partial charge in [-0.2, -0.15) is 0 Å². The summed E-state index contributed by atoms with van der Waals surface area (Å²) in [6, 6.07) is 9.46. The maximum absolute atomic E-state index is 9.59. The van der Waals surface area contributed by atoms with Crippen molar-refractivity contribution in [3.05, 3.63) is 56.0 Å². The fourth-order valence-electron chi connectivity index (χ4n) is 1.46. The molecule has 19 heavy (non-hydrogen) atoms. The van der Waals surface area contributed by atoms with Crippen LogP contribution in [0.25, 0.3) is 0 Å². The van der Waals surface area contributed by atoms with E-state index in [9.17, 15) is 5.11 Å². The Morgan fingerprint density at radius 1 is 0.842 bits per heavy atom. The van der Waals surface area contributed by atoms with Gasteiger partial charge in [-0.1, -0.05) is 76.7 Å². The summed E-state index contributed by atoms with van der Waals surface area (Å²) in [6.07, 6.45) is 0. The van der Waals surface area contributed by atoms with E-state index in [1.807, 2.05) is 30.3 Å². The van der Waals surface area contributed by atoms with Crippen molar-refractivity contribution in [3.8, 4) is 11.5 Å². The van der Waals surface area contributed by atoms with E-state index in [0.29, 0.717) is 0 Å². The Labute approximate surface area is 130 Å². The van der Waals surface area contributed by atoms with Crippen LogP contribution in [-0.4, -0.2) is 5.11 Å². The first-order chi connectivity index (χ1) is 9.02. The number of aromatic hydroxyl groups is 1. The van der Waals surface area contributed by atoms with Crippen molar-refractivity contribution in [2.45, 2.75) is 6.61 Å². The van der Waals surface area contributed by atoms with Crippen LogP contribution in [0.5, 0.6) is 11.5 Å². The van der Waals surface area contributed by atoms with Crippen LogP contribution in [0.2, 0.25) is 20.1 Å². The number of phenols is 1. The van der Waals surface area contributed by atoms with Crippen LogP contribution in [0.4, 0.5) is 0 Å². The summed E-state index contributed by atoms with van der Waals surface area (Å²) in [5.41, 5.74) is 0.940. The first-order valence-corrected chi connectivity index (χ1v) is 6.75. The zero-order valence-corrected chi connectivity index (χ0v) is 12.5. The van der Waals surface area contributed by atoms with Crippen molar-refractivity contribution in [2.24, 2.45) is 0 Å². The van der Waals surface area contributed by atoms with Gasteiger partial charge in [0.15, 0.2) is 11.5 Å². The molecule has 2 rings (SSSR count). The third-order valence-corrected chi connectivity index (χ3v) is 4.08. The minimum Gasteiger partial charge on any atom is -0.505 e. The number of hydrogen-bond donors (Lipinski definition) is 1. The fraction of sp³-hybridized carbons (Fsp3) is 0.0769. The van der Waals surface area contributed by atoms with Crippen molar-refractivity contribution >= 4 is 46.4 Å². The second-order valence-corrected chi connectivity index (χ2v) is 5.22. The lowest BCUT2D eigenvalue weighted by atomic mass is 10.2. The van der Waals surface area contributed by atoms with Crippen LogP contribution in [0.1, 0.15) is 5.56 Å². The van der Waals surface area contributed by atoms with E-state index in [1.165, 1.54) is 0 Å². The molecule has 0 heterocycles. The van der Waals surface area contributed by atoms with Gasteiger partial charge >= 0.3 is 0 Å². The Morgan fingerprint density at radius 2 is 1.37 bits per heavy atom. The highest BCUT2D eigenvalue weighted by molar-refractivity contribution is 6.50. The lowest BCUT2D eigenvalue weighted by Crippen LogP contribution is -1.97. The van der Waals surface area contributed by atoms with Crippen molar-refractivity contribution in [1.82, 2.24) is 0 Å². The first kappa shape index (κ1) is 14.6. The molecule has 0 amide bonds. The minimum atomic E-state index is -0.356. The van der Waals surface area contributed by atoms with E-state index in [4.69, 9.17) is 51.1 Å². The van der Waals surface area contributed by atoms with Gasteiger partial charge in [-0.3, -0.25) is 0 Å². The van der Waals surface area contributed by atoms with Crippen molar-refractivity contribution < 1.29 is 9.84 Å². The van der Waals surface area contributed by atoms with Gasteiger partial charge in [-0.15, -0.1) is 0 Å². The van der Waals surface area contributed by atoms with Gasteiger partial charge in [0.25, 0.3) is 0 Å². The predicted octanol–water partition coefficient (Wildman–Crippen LogP) is 5.58. The third-order valence-electron chi connectivity index (χ3n) is 2.43. The molecule has 6 heteroatoms. The van der Waals surface area contributed by atoms with E-state index in [-0.39, 0.29) is 38.2 Å². The van der Waals surface area contributed by atoms with E-state index in [2.05, 4.69) is 0 Å². The molecule has 0 aliphatic carbocycles. The van der Waals surface area contributed by atoms with Crippen LogP contribution in [-0.2, 0) is 6.61 Å². The molecule has 0 fully saturated rings. The standard InChI is InChI=1S/C13H8Cl4O2/c14-8-10(16)13(11(17)9(15)12(8)18)19-6-7-4-2-1-3-5-7/h1-5,18H,6H2. The second kappa shape index (κ2) is 6.10. The number of rotatable bonds is 3. The Bertz CT molecular complexity index is 570. The van der Waals surface area contributed by atoms with Crippen LogP contribution in [0.15, 0.2) is 30.3 Å². The molecule has 100 valence electrons. The summed E-state index contributed by atoms with van der Waals surface area (Å²) < 4.78 is 5.53. The van der Waals surface area contributed by atoms with Gasteiger partial charge < -0.3 is 9.84 Å². The largest absolute Gasteiger partial charge is 0.505 e. The molecule has 0 saturated heterocycles. The van der Waals surface area contributed by atoms with Crippen LogP contribution >= 0.6 is 46.4 Å². The van der Waals surface area contributed by atoms with Crippen LogP contribution in [0.3, 0.4) is 0 Å². The molecule has 0 saturated carbocycles. The van der Waals surface area contributed by atoms with Crippen molar-refractivity contribution in [1.29, 1.82) is 0 Å². The molecule has 0 aliphatic rings. The predicted molar refractivity (Wildman–Crippen MR) is 78.9 cm³/mol.